The smallest absolute Gasteiger partial charge is 0.264 e. The molecule has 48 heavy (non-hydrogen) atoms. The van der Waals surface area contributed by atoms with Crippen molar-refractivity contribution < 1.29 is 22.7 Å². The highest BCUT2D eigenvalue weighted by molar-refractivity contribution is 7.92. The van der Waals surface area contributed by atoms with E-state index < -0.39 is 34.4 Å². The number of carbonyl (C=O) groups excluding carboxylic acids is 2. The lowest BCUT2D eigenvalue weighted by molar-refractivity contribution is -0.140. The molecule has 4 aromatic rings. The fraction of sp³-hybridized carbons (Fsp3) is 0.278. The molecular weight excluding hydrogens is 693 g/mol. The van der Waals surface area contributed by atoms with Gasteiger partial charge in [0.05, 0.1) is 22.7 Å². The van der Waals surface area contributed by atoms with Gasteiger partial charge in [0.25, 0.3) is 10.0 Å². The van der Waals surface area contributed by atoms with Gasteiger partial charge in [-0.15, -0.1) is 0 Å². The zero-order valence-electron chi connectivity index (χ0n) is 27.1. The summed E-state index contributed by atoms with van der Waals surface area (Å²) in [5.74, 6) is -0.582. The molecule has 8 nitrogen and oxygen atoms in total. The van der Waals surface area contributed by atoms with Crippen LogP contribution in [0.15, 0.2) is 95.9 Å². The molecule has 0 aliphatic rings. The Morgan fingerprint density at radius 3 is 2.08 bits per heavy atom. The van der Waals surface area contributed by atoms with Crippen molar-refractivity contribution in [1.82, 2.24) is 10.2 Å². The summed E-state index contributed by atoms with van der Waals surface area (Å²) in [6.45, 7) is 5.32. The maximum atomic E-state index is 14.7. The van der Waals surface area contributed by atoms with E-state index >= 15 is 0 Å². The standard InChI is InChI=1S/C36H38Cl3N3O5S/c1-24(2)21-40-36(44)33(19-26-9-6-5-7-10-26)41(22-29-30(37)11-8-12-31(29)38)35(43)23-42(27-15-18-34(47-4)32(39)20-27)48(45,46)28-16-13-25(3)14-17-28/h5-18,20,24,33H,19,21-23H2,1-4H3,(H,40,44)/t33-/m0/s1. The lowest BCUT2D eigenvalue weighted by Gasteiger charge is -2.34. The second kappa shape index (κ2) is 16.6. The second-order valence-corrected chi connectivity index (χ2v) is 14.8. The van der Waals surface area contributed by atoms with Crippen LogP contribution in [-0.4, -0.2) is 51.4 Å². The van der Waals surface area contributed by atoms with Crippen LogP contribution in [0.4, 0.5) is 5.69 Å². The molecule has 0 spiro atoms. The molecule has 0 aliphatic carbocycles. The number of aryl methyl sites for hydroxylation is 1. The van der Waals surface area contributed by atoms with Gasteiger partial charge in [0.15, 0.2) is 0 Å². The Morgan fingerprint density at radius 2 is 1.50 bits per heavy atom. The SMILES string of the molecule is COc1ccc(N(CC(=O)N(Cc2c(Cl)cccc2Cl)[C@@H](Cc2ccccc2)C(=O)NCC(C)C)S(=O)(=O)c2ccc(C)cc2)cc1Cl. The Balaban J connectivity index is 1.86. The van der Waals surface area contributed by atoms with Crippen molar-refractivity contribution in [2.75, 3.05) is 24.5 Å². The number of benzene rings is 4. The molecule has 254 valence electrons. The van der Waals surface area contributed by atoms with Crippen molar-refractivity contribution in [3.63, 3.8) is 0 Å². The van der Waals surface area contributed by atoms with E-state index in [4.69, 9.17) is 39.5 Å². The largest absolute Gasteiger partial charge is 0.495 e. The van der Waals surface area contributed by atoms with Gasteiger partial charge < -0.3 is 15.0 Å². The van der Waals surface area contributed by atoms with Gasteiger partial charge >= 0.3 is 0 Å². The zero-order valence-corrected chi connectivity index (χ0v) is 30.2. The van der Waals surface area contributed by atoms with Crippen molar-refractivity contribution in [3.05, 3.63) is 123 Å². The first kappa shape index (κ1) is 37.1. The molecule has 4 aromatic carbocycles. The molecule has 0 unspecified atom stereocenters. The normalized spacial score (nSPS) is 12.0. The van der Waals surface area contributed by atoms with Crippen LogP contribution in [-0.2, 0) is 32.6 Å². The molecule has 12 heteroatoms. The number of rotatable bonds is 14. The number of nitrogens with zero attached hydrogens (tertiary/aromatic N) is 2. The lowest BCUT2D eigenvalue weighted by Crippen LogP contribution is -2.53. The first-order valence-corrected chi connectivity index (χ1v) is 17.9. The van der Waals surface area contributed by atoms with Gasteiger partial charge in [0.2, 0.25) is 11.8 Å². The molecule has 0 aliphatic heterocycles. The van der Waals surface area contributed by atoms with Crippen LogP contribution in [0, 0.1) is 12.8 Å². The molecule has 0 saturated heterocycles. The highest BCUT2D eigenvalue weighted by Gasteiger charge is 2.35. The quantitative estimate of drug-likeness (QED) is 0.144. The number of nitrogens with one attached hydrogen (secondary N) is 1. The molecule has 1 N–H and O–H groups in total. The summed E-state index contributed by atoms with van der Waals surface area (Å²) < 4.78 is 34.8. The molecule has 0 radical (unpaired) electrons. The number of ether oxygens (including phenoxy) is 1. The molecule has 0 aromatic heterocycles. The minimum Gasteiger partial charge on any atom is -0.495 e. The maximum absolute atomic E-state index is 14.7. The number of halogens is 3. The molecule has 0 saturated carbocycles. The minimum atomic E-state index is -4.32. The summed E-state index contributed by atoms with van der Waals surface area (Å²) in [6, 6.07) is 24.0. The molecule has 1 atom stereocenters. The highest BCUT2D eigenvalue weighted by Crippen LogP contribution is 2.33. The molecule has 0 bridgehead atoms. The Morgan fingerprint density at radius 1 is 0.854 bits per heavy atom. The summed E-state index contributed by atoms with van der Waals surface area (Å²) in [5.41, 5.74) is 2.22. The predicted octanol–water partition coefficient (Wildman–Crippen LogP) is 7.57. The van der Waals surface area contributed by atoms with Crippen LogP contribution < -0.4 is 14.4 Å². The van der Waals surface area contributed by atoms with Gasteiger partial charge in [0, 0.05) is 35.1 Å². The zero-order chi connectivity index (χ0) is 35.0. The van der Waals surface area contributed by atoms with E-state index in [1.54, 1.807) is 30.3 Å². The topological polar surface area (TPSA) is 96.0 Å². The number of carbonyl (C=O) groups is 2. The average molecular weight is 731 g/mol. The third-order valence-electron chi connectivity index (χ3n) is 7.66. The van der Waals surface area contributed by atoms with Crippen molar-refractivity contribution in [2.45, 2.75) is 44.7 Å². The number of sulfonamides is 1. The van der Waals surface area contributed by atoms with Crippen molar-refractivity contribution in [3.8, 4) is 5.75 Å². The van der Waals surface area contributed by atoms with Crippen molar-refractivity contribution >= 4 is 62.3 Å². The van der Waals surface area contributed by atoms with Crippen LogP contribution >= 0.6 is 34.8 Å². The second-order valence-electron chi connectivity index (χ2n) is 11.7. The van der Waals surface area contributed by atoms with Gasteiger partial charge in [0.1, 0.15) is 18.3 Å². The predicted molar refractivity (Wildman–Crippen MR) is 193 cm³/mol. The van der Waals surface area contributed by atoms with Gasteiger partial charge in [-0.25, -0.2) is 8.42 Å². The summed E-state index contributed by atoms with van der Waals surface area (Å²) >= 11 is 19.6. The van der Waals surface area contributed by atoms with Gasteiger partial charge in [-0.3, -0.25) is 13.9 Å². The molecular formula is C36H38Cl3N3O5S. The minimum absolute atomic E-state index is 0.0240. The first-order chi connectivity index (χ1) is 22.8. The van der Waals surface area contributed by atoms with Crippen molar-refractivity contribution in [1.29, 1.82) is 0 Å². The Hall–Kier alpha value is -3.76. The first-order valence-electron chi connectivity index (χ1n) is 15.3. The molecule has 0 fully saturated rings. The molecule has 4 rings (SSSR count). The van der Waals surface area contributed by atoms with Crippen LogP contribution in [0.5, 0.6) is 5.75 Å². The third-order valence-corrected chi connectivity index (χ3v) is 10.4. The van der Waals surface area contributed by atoms with Gasteiger partial charge in [-0.2, -0.15) is 0 Å². The number of methoxy groups -OCH3 is 1. The third kappa shape index (κ3) is 9.23. The van der Waals surface area contributed by atoms with E-state index in [0.717, 1.165) is 15.4 Å². The maximum Gasteiger partial charge on any atom is 0.264 e. The van der Waals surface area contributed by atoms with Crippen LogP contribution in [0.3, 0.4) is 0 Å². The van der Waals surface area contributed by atoms with E-state index in [0.29, 0.717) is 27.9 Å². The number of anilines is 1. The number of amides is 2. The highest BCUT2D eigenvalue weighted by atomic mass is 35.5. The number of hydrogen-bond donors (Lipinski definition) is 1. The Labute approximate surface area is 297 Å². The fourth-order valence-corrected chi connectivity index (χ4v) is 7.18. The summed E-state index contributed by atoms with van der Waals surface area (Å²) in [6.07, 6.45) is 0.150. The average Bonchev–Trinajstić information content (AvgIpc) is 3.05. The summed E-state index contributed by atoms with van der Waals surface area (Å²) in [5, 5.41) is 3.71. The van der Waals surface area contributed by atoms with E-state index in [1.165, 1.54) is 42.3 Å². The van der Waals surface area contributed by atoms with Crippen molar-refractivity contribution in [2.24, 2.45) is 5.92 Å². The monoisotopic (exact) mass is 729 g/mol. The van der Waals surface area contributed by atoms with Gasteiger partial charge in [-0.05, 0) is 60.9 Å². The van der Waals surface area contributed by atoms with E-state index in [-0.39, 0.29) is 34.5 Å². The van der Waals surface area contributed by atoms with Crippen LogP contribution in [0.1, 0.15) is 30.5 Å². The fourth-order valence-electron chi connectivity index (χ4n) is 5.01. The van der Waals surface area contributed by atoms with Gasteiger partial charge in [-0.1, -0.05) is 103 Å². The van der Waals surface area contributed by atoms with E-state index in [1.807, 2.05) is 51.1 Å². The van der Waals surface area contributed by atoms with Crippen LogP contribution in [0.25, 0.3) is 0 Å². The van der Waals surface area contributed by atoms with Crippen LogP contribution in [0.2, 0.25) is 15.1 Å². The Kier molecular flexibility index (Phi) is 12.8. The summed E-state index contributed by atoms with van der Waals surface area (Å²) in [7, 11) is -2.87. The van der Waals surface area contributed by atoms with E-state index in [9.17, 15) is 18.0 Å². The molecule has 0 heterocycles. The Bertz CT molecular complexity index is 1820. The number of hydrogen-bond acceptors (Lipinski definition) is 5. The molecule has 2 amide bonds. The lowest BCUT2D eigenvalue weighted by atomic mass is 10.0. The summed E-state index contributed by atoms with van der Waals surface area (Å²) in [4.78, 5) is 29.9. The van der Waals surface area contributed by atoms with E-state index in [2.05, 4.69) is 5.32 Å².